The largest absolute Gasteiger partial charge is 0.345 e. The molecule has 1 aromatic heterocycles. The maximum atomic E-state index is 12.3. The smallest absolute Gasteiger partial charge is 0.255 e. The first-order chi connectivity index (χ1) is 10.9. The highest BCUT2D eigenvalue weighted by atomic mass is 32.2. The van der Waals surface area contributed by atoms with E-state index in [0.29, 0.717) is 22.3 Å². The molecular formula is C16H15N3O3S. The first-order valence-electron chi connectivity index (χ1n) is 6.92. The molecule has 0 aliphatic heterocycles. The second kappa shape index (κ2) is 5.85. The van der Waals surface area contributed by atoms with Gasteiger partial charge in [-0.05, 0) is 29.8 Å². The van der Waals surface area contributed by atoms with Crippen molar-refractivity contribution in [3.05, 3.63) is 59.9 Å². The summed E-state index contributed by atoms with van der Waals surface area (Å²) < 4.78 is 22.5. The van der Waals surface area contributed by atoms with E-state index < -0.39 is 9.84 Å². The molecule has 0 aliphatic carbocycles. The summed E-state index contributed by atoms with van der Waals surface area (Å²) in [6.45, 7) is 0. The Bertz CT molecular complexity index is 960. The number of sulfone groups is 1. The van der Waals surface area contributed by atoms with Gasteiger partial charge in [-0.2, -0.15) is 0 Å². The molecule has 0 spiro atoms. The Morgan fingerprint density at radius 3 is 2.61 bits per heavy atom. The zero-order chi connectivity index (χ0) is 16.4. The Hall–Kier alpha value is -2.67. The lowest BCUT2D eigenvalue weighted by Gasteiger charge is -2.07. The van der Waals surface area contributed by atoms with E-state index >= 15 is 0 Å². The summed E-state index contributed by atoms with van der Waals surface area (Å²) in [5.41, 5.74) is 3.25. The molecule has 0 saturated carbocycles. The molecule has 0 fully saturated rings. The summed E-state index contributed by atoms with van der Waals surface area (Å²) in [6.07, 6.45) is 2.75. The van der Waals surface area contributed by atoms with Gasteiger partial charge in [-0.1, -0.05) is 18.2 Å². The Morgan fingerprint density at radius 2 is 1.91 bits per heavy atom. The second-order valence-corrected chi connectivity index (χ2v) is 7.47. The number of nitrogens with zero attached hydrogens (tertiary/aromatic N) is 1. The molecule has 2 N–H and O–H groups in total. The maximum absolute atomic E-state index is 12.3. The minimum Gasteiger partial charge on any atom is -0.345 e. The van der Waals surface area contributed by atoms with Crippen LogP contribution in [-0.4, -0.2) is 30.5 Å². The summed E-state index contributed by atoms with van der Waals surface area (Å²) in [5, 5.41) is 2.82. The Morgan fingerprint density at radius 1 is 1.17 bits per heavy atom. The number of fused-ring (bicyclic) bond motifs is 1. The predicted molar refractivity (Wildman–Crippen MR) is 89.0 cm³/mol. The number of carbonyl (C=O) groups is 1. The molecule has 0 aliphatic rings. The van der Waals surface area contributed by atoms with Crippen LogP contribution in [0, 0.1) is 0 Å². The third-order valence-corrected chi connectivity index (χ3v) is 4.20. The van der Waals surface area contributed by atoms with Gasteiger partial charge in [0.25, 0.3) is 5.91 Å². The van der Waals surface area contributed by atoms with Crippen molar-refractivity contribution in [2.45, 2.75) is 5.75 Å². The monoisotopic (exact) mass is 329 g/mol. The number of H-pyrrole nitrogens is 1. The Kier molecular flexibility index (Phi) is 3.87. The molecule has 3 rings (SSSR count). The van der Waals surface area contributed by atoms with Gasteiger partial charge in [0.2, 0.25) is 0 Å². The van der Waals surface area contributed by atoms with E-state index in [4.69, 9.17) is 0 Å². The van der Waals surface area contributed by atoms with Crippen LogP contribution in [0.2, 0.25) is 0 Å². The molecule has 0 radical (unpaired) electrons. The lowest BCUT2D eigenvalue weighted by molar-refractivity contribution is 0.102. The maximum Gasteiger partial charge on any atom is 0.255 e. The number of amides is 1. The number of hydrogen-bond donors (Lipinski definition) is 2. The van der Waals surface area contributed by atoms with Crippen LogP contribution in [0.3, 0.4) is 0 Å². The molecule has 3 aromatic rings. The molecule has 0 atom stereocenters. The van der Waals surface area contributed by atoms with Crippen LogP contribution in [0.1, 0.15) is 15.9 Å². The average Bonchev–Trinajstić information content (AvgIpc) is 2.96. The van der Waals surface area contributed by atoms with Gasteiger partial charge in [0.1, 0.15) is 5.52 Å². The minimum absolute atomic E-state index is 0.0402. The quantitative estimate of drug-likeness (QED) is 0.768. The minimum atomic E-state index is -3.09. The summed E-state index contributed by atoms with van der Waals surface area (Å²) >= 11 is 0. The number of nitrogens with one attached hydrogen (secondary N) is 2. The highest BCUT2D eigenvalue weighted by molar-refractivity contribution is 7.89. The standard InChI is InChI=1S/C16H15N3O3S/c1-23(21,22)9-11-5-7-12(8-6-11)16(20)19-14-4-2-3-13-15(14)18-10-17-13/h2-8,10H,9H2,1H3,(H,17,18)(H,19,20). The van der Waals surface area contributed by atoms with Crippen LogP contribution in [0.15, 0.2) is 48.8 Å². The number of carbonyl (C=O) groups excluding carboxylic acids is 1. The van der Waals surface area contributed by atoms with Crippen LogP contribution in [0.25, 0.3) is 11.0 Å². The number of rotatable bonds is 4. The summed E-state index contributed by atoms with van der Waals surface area (Å²) in [4.78, 5) is 19.5. The number of para-hydroxylation sites is 1. The third kappa shape index (κ3) is 3.57. The van der Waals surface area contributed by atoms with Crippen molar-refractivity contribution in [2.75, 3.05) is 11.6 Å². The number of imidazole rings is 1. The molecule has 0 bridgehead atoms. The van der Waals surface area contributed by atoms with Crippen molar-refractivity contribution in [3.8, 4) is 0 Å². The summed E-state index contributed by atoms with van der Waals surface area (Å²) in [5.74, 6) is -0.312. The van der Waals surface area contributed by atoms with Crippen LogP contribution in [-0.2, 0) is 15.6 Å². The topological polar surface area (TPSA) is 91.9 Å². The van der Waals surface area contributed by atoms with Crippen molar-refractivity contribution in [1.82, 2.24) is 9.97 Å². The first kappa shape index (κ1) is 15.2. The number of aromatic amines is 1. The van der Waals surface area contributed by atoms with E-state index in [1.165, 1.54) is 6.26 Å². The van der Waals surface area contributed by atoms with E-state index in [1.807, 2.05) is 12.1 Å². The molecule has 118 valence electrons. The Labute approximate surface area is 133 Å². The van der Waals surface area contributed by atoms with Crippen LogP contribution < -0.4 is 5.32 Å². The summed E-state index contributed by atoms with van der Waals surface area (Å²) in [6, 6.07) is 12.0. The van der Waals surface area contributed by atoms with Gasteiger partial charge < -0.3 is 10.3 Å². The lowest BCUT2D eigenvalue weighted by Crippen LogP contribution is -2.12. The zero-order valence-electron chi connectivity index (χ0n) is 12.4. The number of anilines is 1. The zero-order valence-corrected chi connectivity index (χ0v) is 13.2. The fourth-order valence-corrected chi connectivity index (χ4v) is 3.11. The van der Waals surface area contributed by atoms with Crippen molar-refractivity contribution in [2.24, 2.45) is 0 Å². The lowest BCUT2D eigenvalue weighted by atomic mass is 10.1. The molecule has 23 heavy (non-hydrogen) atoms. The van der Waals surface area contributed by atoms with E-state index in [1.54, 1.807) is 36.7 Å². The number of benzene rings is 2. The van der Waals surface area contributed by atoms with Crippen LogP contribution >= 0.6 is 0 Å². The van der Waals surface area contributed by atoms with Gasteiger partial charge in [0, 0.05) is 11.8 Å². The number of hydrogen-bond acceptors (Lipinski definition) is 4. The molecule has 2 aromatic carbocycles. The predicted octanol–water partition coefficient (Wildman–Crippen LogP) is 2.36. The third-order valence-electron chi connectivity index (χ3n) is 3.34. The SMILES string of the molecule is CS(=O)(=O)Cc1ccc(C(=O)Nc2cccc3[nH]cnc23)cc1. The van der Waals surface area contributed by atoms with E-state index in [-0.39, 0.29) is 11.7 Å². The van der Waals surface area contributed by atoms with Gasteiger partial charge in [-0.3, -0.25) is 4.79 Å². The molecule has 7 heteroatoms. The van der Waals surface area contributed by atoms with Crippen molar-refractivity contribution < 1.29 is 13.2 Å². The normalized spacial score (nSPS) is 11.5. The molecule has 1 amide bonds. The van der Waals surface area contributed by atoms with E-state index in [9.17, 15) is 13.2 Å². The summed E-state index contributed by atoms with van der Waals surface area (Å²) in [7, 11) is -3.09. The van der Waals surface area contributed by atoms with Crippen molar-refractivity contribution in [3.63, 3.8) is 0 Å². The van der Waals surface area contributed by atoms with Gasteiger partial charge in [-0.25, -0.2) is 13.4 Å². The van der Waals surface area contributed by atoms with Crippen molar-refractivity contribution >= 4 is 32.5 Å². The van der Waals surface area contributed by atoms with Gasteiger partial charge >= 0.3 is 0 Å². The molecule has 0 unspecified atom stereocenters. The van der Waals surface area contributed by atoms with E-state index in [0.717, 1.165) is 5.52 Å². The fourth-order valence-electron chi connectivity index (χ4n) is 2.32. The van der Waals surface area contributed by atoms with Crippen LogP contribution in [0.5, 0.6) is 0 Å². The van der Waals surface area contributed by atoms with Gasteiger partial charge in [0.05, 0.1) is 23.3 Å². The van der Waals surface area contributed by atoms with Gasteiger partial charge in [-0.15, -0.1) is 0 Å². The second-order valence-electron chi connectivity index (χ2n) is 5.33. The average molecular weight is 329 g/mol. The van der Waals surface area contributed by atoms with Crippen molar-refractivity contribution in [1.29, 1.82) is 0 Å². The molecule has 0 saturated heterocycles. The first-order valence-corrected chi connectivity index (χ1v) is 8.98. The highest BCUT2D eigenvalue weighted by Crippen LogP contribution is 2.20. The van der Waals surface area contributed by atoms with Gasteiger partial charge in [0.15, 0.2) is 9.84 Å². The Balaban J connectivity index is 1.79. The molecule has 1 heterocycles. The fraction of sp³-hybridized carbons (Fsp3) is 0.125. The number of aromatic nitrogens is 2. The highest BCUT2D eigenvalue weighted by Gasteiger charge is 2.10. The molecular weight excluding hydrogens is 314 g/mol. The van der Waals surface area contributed by atoms with Crippen LogP contribution in [0.4, 0.5) is 5.69 Å². The van der Waals surface area contributed by atoms with E-state index in [2.05, 4.69) is 15.3 Å². The molecule has 6 nitrogen and oxygen atoms in total.